The van der Waals surface area contributed by atoms with E-state index in [2.05, 4.69) is 0 Å². The Bertz CT molecular complexity index is 540. The number of nitrogens with two attached hydrogens (primary N) is 1. The van der Waals surface area contributed by atoms with Crippen LogP contribution in [0.1, 0.15) is 17.5 Å². The van der Waals surface area contributed by atoms with Gasteiger partial charge in [0.15, 0.2) is 0 Å². The second-order valence-corrected chi connectivity index (χ2v) is 4.66. The van der Waals surface area contributed by atoms with Gasteiger partial charge in [-0.25, -0.2) is 0 Å². The van der Waals surface area contributed by atoms with Gasteiger partial charge in [-0.05, 0) is 23.8 Å². The van der Waals surface area contributed by atoms with Crippen LogP contribution in [0.2, 0.25) is 0 Å². The molecule has 112 valence electrons. The molecule has 2 rings (SSSR count). The molecule has 0 amide bonds. The second kappa shape index (κ2) is 8.29. The molecule has 0 bridgehead atoms. The van der Waals surface area contributed by atoms with Crippen LogP contribution in [0.4, 0.5) is 0 Å². The largest absolute Gasteiger partial charge is 0.493 e. The van der Waals surface area contributed by atoms with Crippen molar-refractivity contribution in [3.05, 3.63) is 59.7 Å². The zero-order valence-corrected chi connectivity index (χ0v) is 12.0. The molecule has 21 heavy (non-hydrogen) atoms. The molecule has 0 saturated carbocycles. The van der Waals surface area contributed by atoms with Crippen LogP contribution in [0.5, 0.6) is 11.5 Å². The van der Waals surface area contributed by atoms with Crippen molar-refractivity contribution in [2.75, 3.05) is 13.2 Å². The lowest BCUT2D eigenvalue weighted by atomic mass is 10.2. The Balaban J connectivity index is 1.70. The third kappa shape index (κ3) is 4.77. The Morgan fingerprint density at radius 3 is 2.33 bits per heavy atom. The van der Waals surface area contributed by atoms with Crippen molar-refractivity contribution in [2.24, 2.45) is 5.73 Å². The van der Waals surface area contributed by atoms with Crippen molar-refractivity contribution in [1.29, 1.82) is 0 Å². The normalized spacial score (nSPS) is 10.4. The first-order chi connectivity index (χ1) is 10.3. The number of aliphatic hydroxyl groups is 1. The van der Waals surface area contributed by atoms with E-state index >= 15 is 0 Å². The summed E-state index contributed by atoms with van der Waals surface area (Å²) in [6.07, 6.45) is 0.776. The van der Waals surface area contributed by atoms with Gasteiger partial charge in [-0.3, -0.25) is 0 Å². The van der Waals surface area contributed by atoms with E-state index in [1.807, 2.05) is 48.5 Å². The van der Waals surface area contributed by atoms with Crippen molar-refractivity contribution in [3.8, 4) is 11.5 Å². The molecule has 0 aliphatic rings. The maximum absolute atomic E-state index is 9.20. The highest BCUT2D eigenvalue weighted by Crippen LogP contribution is 2.18. The van der Waals surface area contributed by atoms with Gasteiger partial charge >= 0.3 is 0 Å². The molecule has 4 nitrogen and oxygen atoms in total. The lowest BCUT2D eigenvalue weighted by Crippen LogP contribution is -2.06. The van der Waals surface area contributed by atoms with Gasteiger partial charge in [-0.1, -0.05) is 30.3 Å². The molecular formula is C17H21NO3. The Morgan fingerprint density at radius 2 is 1.62 bits per heavy atom. The first-order valence-corrected chi connectivity index (χ1v) is 7.07. The first kappa shape index (κ1) is 15.4. The predicted molar refractivity (Wildman–Crippen MR) is 82.3 cm³/mol. The standard InChI is InChI=1S/C17H21NO3/c18-12-14-6-8-16(9-7-14)20-10-3-11-21-17-5-2-1-4-15(17)13-19/h1-2,4-9,19H,3,10-13,18H2. The minimum atomic E-state index is -0.0137. The molecule has 0 atom stereocenters. The summed E-state index contributed by atoms with van der Waals surface area (Å²) in [5, 5.41) is 9.20. The van der Waals surface area contributed by atoms with Crippen molar-refractivity contribution in [1.82, 2.24) is 0 Å². The zero-order valence-electron chi connectivity index (χ0n) is 12.0. The van der Waals surface area contributed by atoms with Crippen LogP contribution in [0.3, 0.4) is 0 Å². The molecule has 0 heterocycles. The number of ether oxygens (including phenoxy) is 2. The molecule has 0 aliphatic carbocycles. The van der Waals surface area contributed by atoms with Crippen LogP contribution in [-0.2, 0) is 13.2 Å². The second-order valence-electron chi connectivity index (χ2n) is 4.66. The summed E-state index contributed by atoms with van der Waals surface area (Å²) in [5.74, 6) is 1.57. The van der Waals surface area contributed by atoms with E-state index in [1.54, 1.807) is 0 Å². The van der Waals surface area contributed by atoms with Crippen LogP contribution in [-0.4, -0.2) is 18.3 Å². The van der Waals surface area contributed by atoms with Crippen molar-refractivity contribution >= 4 is 0 Å². The minimum absolute atomic E-state index is 0.0137. The molecule has 2 aromatic rings. The highest BCUT2D eigenvalue weighted by Gasteiger charge is 2.01. The Labute approximate surface area is 125 Å². The van der Waals surface area contributed by atoms with Crippen LogP contribution in [0, 0.1) is 0 Å². The summed E-state index contributed by atoms with van der Waals surface area (Å²) in [6, 6.07) is 15.3. The molecule has 0 radical (unpaired) electrons. The van der Waals surface area contributed by atoms with E-state index < -0.39 is 0 Å². The number of rotatable bonds is 8. The summed E-state index contributed by atoms with van der Waals surface area (Å²) in [6.45, 7) is 1.67. The maximum atomic E-state index is 9.20. The van der Waals surface area contributed by atoms with Crippen molar-refractivity contribution in [3.63, 3.8) is 0 Å². The summed E-state index contributed by atoms with van der Waals surface area (Å²) in [7, 11) is 0. The lowest BCUT2D eigenvalue weighted by molar-refractivity contribution is 0.236. The van der Waals surface area contributed by atoms with Gasteiger partial charge in [0.1, 0.15) is 11.5 Å². The van der Waals surface area contributed by atoms with Crippen molar-refractivity contribution < 1.29 is 14.6 Å². The molecule has 0 aliphatic heterocycles. The van der Waals surface area contributed by atoms with Gasteiger partial charge in [-0.15, -0.1) is 0 Å². The smallest absolute Gasteiger partial charge is 0.124 e. The van der Waals surface area contributed by atoms with Gasteiger partial charge in [0.2, 0.25) is 0 Å². The topological polar surface area (TPSA) is 64.7 Å². The number of hydrogen-bond donors (Lipinski definition) is 2. The quantitative estimate of drug-likeness (QED) is 0.732. The highest BCUT2D eigenvalue weighted by molar-refractivity contribution is 5.32. The number of aliphatic hydroxyl groups excluding tert-OH is 1. The van der Waals surface area contributed by atoms with E-state index in [0.29, 0.717) is 19.8 Å². The molecule has 0 fully saturated rings. The fourth-order valence-electron chi connectivity index (χ4n) is 1.93. The van der Waals surface area contributed by atoms with Crippen molar-refractivity contribution in [2.45, 2.75) is 19.6 Å². The molecule has 2 aromatic carbocycles. The molecule has 0 saturated heterocycles. The summed E-state index contributed by atoms with van der Waals surface area (Å²) in [5.41, 5.74) is 7.43. The van der Waals surface area contributed by atoms with Gasteiger partial charge in [0.25, 0.3) is 0 Å². The third-order valence-corrected chi connectivity index (χ3v) is 3.12. The molecule has 0 spiro atoms. The Kier molecular flexibility index (Phi) is 6.06. The highest BCUT2D eigenvalue weighted by atomic mass is 16.5. The van der Waals surface area contributed by atoms with E-state index in [-0.39, 0.29) is 6.61 Å². The predicted octanol–water partition coefficient (Wildman–Crippen LogP) is 2.49. The maximum Gasteiger partial charge on any atom is 0.124 e. The van der Waals surface area contributed by atoms with Gasteiger partial charge in [0, 0.05) is 18.5 Å². The Morgan fingerprint density at radius 1 is 0.905 bits per heavy atom. The third-order valence-electron chi connectivity index (χ3n) is 3.12. The minimum Gasteiger partial charge on any atom is -0.493 e. The fourth-order valence-corrected chi connectivity index (χ4v) is 1.93. The molecule has 3 N–H and O–H groups in total. The molecule has 4 heteroatoms. The summed E-state index contributed by atoms with van der Waals surface area (Å²) < 4.78 is 11.3. The summed E-state index contributed by atoms with van der Waals surface area (Å²) in [4.78, 5) is 0. The van der Waals surface area contributed by atoms with E-state index in [9.17, 15) is 5.11 Å². The van der Waals surface area contributed by atoms with Crippen LogP contribution in [0.15, 0.2) is 48.5 Å². The number of benzene rings is 2. The van der Waals surface area contributed by atoms with Gasteiger partial charge < -0.3 is 20.3 Å². The SMILES string of the molecule is NCc1ccc(OCCCOc2ccccc2CO)cc1. The van der Waals surface area contributed by atoms with Gasteiger partial charge in [0.05, 0.1) is 19.8 Å². The van der Waals surface area contributed by atoms with E-state index in [4.69, 9.17) is 15.2 Å². The number of hydrogen-bond acceptors (Lipinski definition) is 4. The number of para-hydroxylation sites is 1. The monoisotopic (exact) mass is 287 g/mol. The van der Waals surface area contributed by atoms with Crippen LogP contribution >= 0.6 is 0 Å². The average Bonchev–Trinajstić information content (AvgIpc) is 2.55. The van der Waals surface area contributed by atoms with Crippen LogP contribution in [0.25, 0.3) is 0 Å². The Hall–Kier alpha value is -2.04. The molecular weight excluding hydrogens is 266 g/mol. The van der Waals surface area contributed by atoms with Crippen LogP contribution < -0.4 is 15.2 Å². The average molecular weight is 287 g/mol. The van der Waals surface area contributed by atoms with Gasteiger partial charge in [-0.2, -0.15) is 0 Å². The fraction of sp³-hybridized carbons (Fsp3) is 0.294. The first-order valence-electron chi connectivity index (χ1n) is 7.07. The van der Waals surface area contributed by atoms with E-state index in [1.165, 1.54) is 0 Å². The van der Waals surface area contributed by atoms with E-state index in [0.717, 1.165) is 29.0 Å². The molecule has 0 unspecified atom stereocenters. The summed E-state index contributed by atoms with van der Waals surface area (Å²) >= 11 is 0. The molecule has 0 aromatic heterocycles. The lowest BCUT2D eigenvalue weighted by Gasteiger charge is -2.10. The zero-order chi connectivity index (χ0) is 14.9.